The van der Waals surface area contributed by atoms with Gasteiger partial charge in [0.15, 0.2) is 0 Å². The number of amides is 1. The summed E-state index contributed by atoms with van der Waals surface area (Å²) in [6.07, 6.45) is 5.42. The van der Waals surface area contributed by atoms with Gasteiger partial charge in [-0.15, -0.1) is 11.3 Å². The molecule has 5 aromatic rings. The van der Waals surface area contributed by atoms with E-state index in [0.717, 1.165) is 63.2 Å². The molecule has 1 aliphatic carbocycles. The maximum Gasteiger partial charge on any atom is 0.494 e. The Hall–Kier alpha value is -4.06. The third kappa shape index (κ3) is 6.21. The number of fused-ring (bicyclic) bond motifs is 5. The SMILES string of the molecule is CCc1cc(-c2cc(F)c3c(c2)OC(c2ccc(C4CCC4)s2)n2c-3cc3cc(B4OC(C)(C)C(C)(C)O4)ccc32)[nH]c1C1CCCN1C(=O)OC(C)(C)C. The number of hydrogen-bond acceptors (Lipinski definition) is 6. The second-order valence-electron chi connectivity index (χ2n) is 17.8. The minimum atomic E-state index is -0.583. The Labute approximate surface area is 327 Å². The highest BCUT2D eigenvalue weighted by Gasteiger charge is 2.52. The Morgan fingerprint density at radius 2 is 1.73 bits per heavy atom. The molecule has 9 rings (SSSR count). The number of aromatic amines is 1. The molecule has 11 heteroatoms. The Kier molecular flexibility index (Phi) is 8.64. The van der Waals surface area contributed by atoms with E-state index in [0.29, 0.717) is 29.3 Å². The fourth-order valence-corrected chi connectivity index (χ4v) is 9.74. The van der Waals surface area contributed by atoms with Crippen molar-refractivity contribution in [3.63, 3.8) is 0 Å². The Morgan fingerprint density at radius 3 is 2.42 bits per heavy atom. The largest absolute Gasteiger partial charge is 0.494 e. The average Bonchev–Trinajstić information content (AvgIpc) is 3.91. The van der Waals surface area contributed by atoms with Gasteiger partial charge in [-0.3, -0.25) is 9.47 Å². The van der Waals surface area contributed by atoms with Crippen molar-refractivity contribution in [3.05, 3.63) is 81.4 Å². The highest BCUT2D eigenvalue weighted by Crippen LogP contribution is 2.50. The van der Waals surface area contributed by atoms with Crippen LogP contribution in [0.2, 0.25) is 0 Å². The molecular weight excluding hydrogens is 712 g/mol. The Balaban J connectivity index is 1.12. The van der Waals surface area contributed by atoms with Crippen molar-refractivity contribution >= 4 is 40.9 Å². The predicted molar refractivity (Wildman–Crippen MR) is 217 cm³/mol. The number of ether oxygens (including phenoxy) is 2. The number of rotatable bonds is 6. The van der Waals surface area contributed by atoms with Crippen LogP contribution in [-0.2, 0) is 20.5 Å². The first kappa shape index (κ1) is 36.6. The molecular formula is C44H51BFN3O5S. The van der Waals surface area contributed by atoms with E-state index in [-0.39, 0.29) is 18.0 Å². The second-order valence-corrected chi connectivity index (χ2v) is 18.9. The smallest absolute Gasteiger partial charge is 0.464 e. The molecule has 8 nitrogen and oxygen atoms in total. The second kappa shape index (κ2) is 13.0. The van der Waals surface area contributed by atoms with Crippen LogP contribution in [-0.4, -0.2) is 51.0 Å². The van der Waals surface area contributed by atoms with Crippen molar-refractivity contribution < 1.29 is 28.0 Å². The number of hydrogen-bond donors (Lipinski definition) is 1. The lowest BCUT2D eigenvalue weighted by molar-refractivity contribution is 0.00578. The van der Waals surface area contributed by atoms with E-state index in [1.165, 1.54) is 24.1 Å². The van der Waals surface area contributed by atoms with Crippen molar-refractivity contribution in [3.8, 4) is 28.3 Å². The molecule has 55 heavy (non-hydrogen) atoms. The van der Waals surface area contributed by atoms with E-state index in [2.05, 4.69) is 86.6 Å². The van der Waals surface area contributed by atoms with Crippen molar-refractivity contribution in [1.29, 1.82) is 0 Å². The molecule has 4 aliphatic rings. The Morgan fingerprint density at radius 1 is 0.982 bits per heavy atom. The number of thiophene rings is 1. The summed E-state index contributed by atoms with van der Waals surface area (Å²) in [6, 6.07) is 18.3. The summed E-state index contributed by atoms with van der Waals surface area (Å²) < 4.78 is 44.5. The summed E-state index contributed by atoms with van der Waals surface area (Å²) >= 11 is 1.80. The quantitative estimate of drug-likeness (QED) is 0.174. The highest BCUT2D eigenvalue weighted by molar-refractivity contribution is 7.12. The van der Waals surface area contributed by atoms with Crippen molar-refractivity contribution in [1.82, 2.24) is 14.5 Å². The van der Waals surface area contributed by atoms with Gasteiger partial charge in [0.25, 0.3) is 0 Å². The standard InChI is InChI=1S/C44H51BFN3O5S/c1-9-25-22-31(47-39(25)33-14-11-19-48(33)41(50)52-42(2,3)4)27-21-30(46)38-34-23-28-20-29(45-53-43(5,6)44(7,8)54-45)15-16-32(28)49(34)40(51-35(38)24-27)37-18-17-36(55-37)26-12-10-13-26/h15-18,20-24,26,33,40,47H,9-14,19H2,1-8H3. The molecule has 2 atom stereocenters. The molecule has 3 aliphatic heterocycles. The van der Waals surface area contributed by atoms with E-state index in [9.17, 15) is 4.79 Å². The number of benzene rings is 2. The zero-order chi connectivity index (χ0) is 38.6. The van der Waals surface area contributed by atoms with Gasteiger partial charge in [0.2, 0.25) is 6.23 Å². The molecule has 0 bridgehead atoms. The number of aryl methyl sites for hydroxylation is 1. The number of aromatic nitrogens is 2. The van der Waals surface area contributed by atoms with Crippen LogP contribution in [0.1, 0.15) is 127 Å². The number of carbonyl (C=O) groups is 1. The molecule has 0 radical (unpaired) electrons. The summed E-state index contributed by atoms with van der Waals surface area (Å²) in [6.45, 7) is 16.6. The van der Waals surface area contributed by atoms with Gasteiger partial charge in [-0.2, -0.15) is 0 Å². The van der Waals surface area contributed by atoms with Gasteiger partial charge < -0.3 is 23.8 Å². The number of halogens is 1. The number of nitrogens with zero attached hydrogens (tertiary/aromatic N) is 2. The van der Waals surface area contributed by atoms with Crippen LogP contribution in [0.25, 0.3) is 33.4 Å². The average molecular weight is 764 g/mol. The zero-order valence-corrected chi connectivity index (χ0v) is 34.0. The molecule has 2 unspecified atom stereocenters. The van der Waals surface area contributed by atoms with Crippen LogP contribution < -0.4 is 10.2 Å². The van der Waals surface area contributed by atoms with Crippen LogP contribution in [0.15, 0.2) is 54.6 Å². The van der Waals surface area contributed by atoms with E-state index >= 15 is 4.39 Å². The number of nitrogens with one attached hydrogen (secondary N) is 1. The summed E-state index contributed by atoms with van der Waals surface area (Å²) in [5.41, 5.74) is 5.18. The molecule has 2 saturated heterocycles. The number of carbonyl (C=O) groups excluding carboxylic acids is 1. The fraction of sp³-hybridized carbons (Fsp3) is 0.477. The van der Waals surface area contributed by atoms with Crippen LogP contribution in [0.4, 0.5) is 9.18 Å². The predicted octanol–water partition coefficient (Wildman–Crippen LogP) is 10.6. The van der Waals surface area contributed by atoms with Gasteiger partial charge in [0, 0.05) is 33.8 Å². The van der Waals surface area contributed by atoms with Gasteiger partial charge >= 0.3 is 13.2 Å². The van der Waals surface area contributed by atoms with Gasteiger partial charge in [-0.25, -0.2) is 9.18 Å². The van der Waals surface area contributed by atoms with Crippen LogP contribution in [0.5, 0.6) is 5.75 Å². The van der Waals surface area contributed by atoms with Crippen LogP contribution in [0.3, 0.4) is 0 Å². The van der Waals surface area contributed by atoms with Gasteiger partial charge in [0.05, 0.1) is 38.9 Å². The molecule has 1 saturated carbocycles. The van der Waals surface area contributed by atoms with Gasteiger partial charge in [-0.05, 0) is 140 Å². The Bertz CT molecular complexity index is 2300. The molecule has 3 fully saturated rings. The lowest BCUT2D eigenvalue weighted by Gasteiger charge is -2.32. The molecule has 1 amide bonds. The summed E-state index contributed by atoms with van der Waals surface area (Å²) in [7, 11) is -0.508. The van der Waals surface area contributed by atoms with Crippen molar-refractivity contribution in [2.24, 2.45) is 0 Å². The minimum Gasteiger partial charge on any atom is -0.464 e. The summed E-state index contributed by atoms with van der Waals surface area (Å²) in [4.78, 5) is 21.2. The minimum absolute atomic E-state index is 0.136. The number of likely N-dealkylation sites (tertiary alicyclic amines) is 1. The molecule has 288 valence electrons. The molecule has 6 heterocycles. The highest BCUT2D eigenvalue weighted by atomic mass is 32.1. The number of H-pyrrole nitrogens is 1. The van der Waals surface area contributed by atoms with E-state index in [4.69, 9.17) is 18.8 Å². The van der Waals surface area contributed by atoms with Crippen LogP contribution in [0, 0.1) is 5.82 Å². The fourth-order valence-electron chi connectivity index (χ4n) is 8.54. The van der Waals surface area contributed by atoms with E-state index in [1.54, 1.807) is 17.4 Å². The normalized spacial score (nSPS) is 21.8. The maximum atomic E-state index is 16.8. The third-order valence-electron chi connectivity index (χ3n) is 12.4. The maximum absolute atomic E-state index is 16.8. The van der Waals surface area contributed by atoms with Crippen LogP contribution >= 0.6 is 11.3 Å². The molecule has 2 aromatic carbocycles. The lowest BCUT2D eigenvalue weighted by Crippen LogP contribution is -2.41. The zero-order valence-electron chi connectivity index (χ0n) is 33.2. The molecule has 1 N–H and O–H groups in total. The van der Waals surface area contributed by atoms with E-state index < -0.39 is 30.1 Å². The topological polar surface area (TPSA) is 78.0 Å². The lowest BCUT2D eigenvalue weighted by atomic mass is 9.78. The first-order valence-electron chi connectivity index (χ1n) is 19.9. The summed E-state index contributed by atoms with van der Waals surface area (Å²) in [5, 5.41) is 0.968. The van der Waals surface area contributed by atoms with E-state index in [1.807, 2.05) is 31.7 Å². The molecule has 0 spiro atoms. The molecule has 3 aromatic heterocycles. The van der Waals surface area contributed by atoms with Crippen molar-refractivity contribution in [2.75, 3.05) is 6.54 Å². The first-order valence-corrected chi connectivity index (χ1v) is 20.7. The third-order valence-corrected chi connectivity index (χ3v) is 13.7. The monoisotopic (exact) mass is 763 g/mol. The first-order chi connectivity index (χ1) is 26.1. The van der Waals surface area contributed by atoms with Gasteiger partial charge in [-0.1, -0.05) is 25.5 Å². The van der Waals surface area contributed by atoms with Crippen molar-refractivity contribution in [2.45, 2.75) is 129 Å². The summed E-state index contributed by atoms with van der Waals surface area (Å²) in [5.74, 6) is 0.751. The van der Waals surface area contributed by atoms with Gasteiger partial charge in [0.1, 0.15) is 17.2 Å².